The number of Topliss-reactive ketones (excluding diaryl/α,β-unsaturated/α-hetero) is 2. The van der Waals surface area contributed by atoms with Gasteiger partial charge < -0.3 is 24.8 Å². The van der Waals surface area contributed by atoms with Crippen LogP contribution in [0, 0.1) is 6.92 Å². The number of hydrogen-bond donors (Lipinski definition) is 3. The summed E-state index contributed by atoms with van der Waals surface area (Å²) in [5.41, 5.74) is 0.0619. The van der Waals surface area contributed by atoms with Crippen molar-refractivity contribution in [1.82, 2.24) is 9.88 Å². The molecule has 3 aromatic rings. The van der Waals surface area contributed by atoms with Gasteiger partial charge >= 0.3 is 0 Å². The minimum atomic E-state index is -1.52. The fourth-order valence-electron chi connectivity index (χ4n) is 5.31. The maximum Gasteiger partial charge on any atom is 0.194 e. The van der Waals surface area contributed by atoms with Crippen molar-refractivity contribution in [3.8, 4) is 17.2 Å². The molecule has 1 atom stereocenters. The van der Waals surface area contributed by atoms with Crippen LogP contribution in [0.1, 0.15) is 48.7 Å². The van der Waals surface area contributed by atoms with Gasteiger partial charge in [-0.3, -0.25) is 14.4 Å². The summed E-state index contributed by atoms with van der Waals surface area (Å²) in [6.45, 7) is 7.26. The van der Waals surface area contributed by atoms with E-state index in [2.05, 4.69) is 28.1 Å². The topological polar surface area (TPSA) is 118 Å². The molecular weight excluding hydrogens is 472 g/mol. The van der Waals surface area contributed by atoms with Crippen molar-refractivity contribution in [2.24, 2.45) is 0 Å². The Hall–Kier alpha value is -4.33. The molecule has 0 radical (unpaired) electrons. The molecule has 2 heterocycles. The Morgan fingerprint density at radius 2 is 1.84 bits per heavy atom. The molecule has 190 valence electrons. The van der Waals surface area contributed by atoms with E-state index in [1.165, 1.54) is 25.3 Å². The van der Waals surface area contributed by atoms with Gasteiger partial charge in [0.25, 0.3) is 0 Å². The predicted octanol–water partition coefficient (Wildman–Crippen LogP) is 4.20. The molecule has 0 amide bonds. The molecule has 0 saturated carbocycles. The summed E-state index contributed by atoms with van der Waals surface area (Å²) in [6.07, 6.45) is 4.03. The number of nitrogens with zero attached hydrogens (tertiary/aromatic N) is 1. The SMILES string of the molecule is CC(=O)c1c(O)c(C)c(O)c2c1OC1=CC(=O)/C(=C(/C)NCCCn3ccc4ccccc43)C(=O)[C@]12C. The summed E-state index contributed by atoms with van der Waals surface area (Å²) in [5, 5.41) is 25.8. The van der Waals surface area contributed by atoms with Crippen LogP contribution >= 0.6 is 0 Å². The molecule has 2 aliphatic rings. The zero-order chi connectivity index (χ0) is 26.6. The summed E-state index contributed by atoms with van der Waals surface area (Å²) in [5.74, 6) is -2.35. The van der Waals surface area contributed by atoms with Crippen LogP contribution < -0.4 is 10.1 Å². The highest BCUT2D eigenvalue weighted by Crippen LogP contribution is 2.57. The van der Waals surface area contributed by atoms with Gasteiger partial charge in [0.05, 0.1) is 11.1 Å². The zero-order valence-corrected chi connectivity index (χ0v) is 21.1. The van der Waals surface area contributed by atoms with Crippen molar-refractivity contribution in [1.29, 1.82) is 0 Å². The van der Waals surface area contributed by atoms with Crippen molar-refractivity contribution < 1.29 is 29.3 Å². The number of carbonyl (C=O) groups is 3. The fourth-order valence-corrected chi connectivity index (χ4v) is 5.31. The van der Waals surface area contributed by atoms with Crippen molar-refractivity contribution in [3.05, 3.63) is 76.3 Å². The lowest BCUT2D eigenvalue weighted by molar-refractivity contribution is -0.123. The second-order valence-corrected chi connectivity index (χ2v) is 9.73. The van der Waals surface area contributed by atoms with Crippen molar-refractivity contribution in [2.45, 2.75) is 46.1 Å². The summed E-state index contributed by atoms with van der Waals surface area (Å²) in [7, 11) is 0. The molecule has 1 aromatic heterocycles. The molecule has 0 spiro atoms. The van der Waals surface area contributed by atoms with Crippen LogP contribution in [-0.2, 0) is 21.5 Å². The number of phenolic OH excluding ortho intramolecular Hbond substituents is 2. The smallest absolute Gasteiger partial charge is 0.194 e. The lowest BCUT2D eigenvalue weighted by atomic mass is 9.70. The molecule has 0 bridgehead atoms. The van der Waals surface area contributed by atoms with Gasteiger partial charge in [-0.1, -0.05) is 18.2 Å². The second kappa shape index (κ2) is 8.65. The van der Waals surface area contributed by atoms with E-state index < -0.39 is 28.5 Å². The summed E-state index contributed by atoms with van der Waals surface area (Å²) < 4.78 is 7.96. The van der Waals surface area contributed by atoms with Crippen LogP contribution in [-0.4, -0.2) is 38.7 Å². The standard InChI is InChI=1S/C29H28N2O6/c1-15-25(34)23(17(3)32)27-24(26(15)35)29(4)21(37-27)14-20(33)22(28(29)36)16(2)30-11-7-12-31-13-10-18-8-5-6-9-19(18)31/h5-6,8-10,13-14,30,34-35H,7,11-12H2,1-4H3/b22-16+/t29-/m1/s1. The predicted molar refractivity (Wildman–Crippen MR) is 138 cm³/mol. The number of aromatic nitrogens is 1. The van der Waals surface area contributed by atoms with Crippen LogP contribution in [0.3, 0.4) is 0 Å². The summed E-state index contributed by atoms with van der Waals surface area (Å²) >= 11 is 0. The maximum atomic E-state index is 13.8. The number of benzene rings is 2. The average Bonchev–Trinajstić information content (AvgIpc) is 3.39. The van der Waals surface area contributed by atoms with E-state index in [0.29, 0.717) is 12.2 Å². The Morgan fingerprint density at radius 1 is 1.11 bits per heavy atom. The van der Waals surface area contributed by atoms with Gasteiger partial charge in [0, 0.05) is 42.1 Å². The van der Waals surface area contributed by atoms with Gasteiger partial charge in [-0.2, -0.15) is 0 Å². The minimum absolute atomic E-state index is 0.0244. The van der Waals surface area contributed by atoms with E-state index in [1.807, 2.05) is 18.3 Å². The Balaban J connectivity index is 1.43. The average molecular weight is 501 g/mol. The molecule has 1 aliphatic heterocycles. The van der Waals surface area contributed by atoms with Crippen LogP contribution in [0.15, 0.2) is 59.6 Å². The van der Waals surface area contributed by atoms with Crippen LogP contribution in [0.4, 0.5) is 0 Å². The highest BCUT2D eigenvalue weighted by atomic mass is 16.5. The fraction of sp³-hybridized carbons (Fsp3) is 0.276. The van der Waals surface area contributed by atoms with Gasteiger partial charge in [-0.25, -0.2) is 0 Å². The number of ketones is 3. The number of allylic oxidation sites excluding steroid dienone is 4. The molecule has 5 rings (SSSR count). The van der Waals surface area contributed by atoms with Crippen LogP contribution in [0.2, 0.25) is 0 Å². The number of para-hydroxylation sites is 1. The number of aryl methyl sites for hydroxylation is 1. The summed E-state index contributed by atoms with van der Waals surface area (Å²) in [6, 6.07) is 10.2. The van der Waals surface area contributed by atoms with Gasteiger partial charge in [0.15, 0.2) is 17.3 Å². The Morgan fingerprint density at radius 3 is 2.57 bits per heavy atom. The lowest BCUT2D eigenvalue weighted by Gasteiger charge is -2.29. The van der Waals surface area contributed by atoms with E-state index >= 15 is 0 Å². The Bertz CT molecular complexity index is 1570. The minimum Gasteiger partial charge on any atom is -0.507 e. The number of phenols is 2. The third-order valence-electron chi connectivity index (χ3n) is 7.41. The first kappa shape index (κ1) is 24.4. The number of carbonyl (C=O) groups excluding carboxylic acids is 3. The van der Waals surface area contributed by atoms with Crippen molar-refractivity contribution >= 4 is 28.3 Å². The molecule has 3 N–H and O–H groups in total. The first-order chi connectivity index (χ1) is 17.6. The van der Waals surface area contributed by atoms with Gasteiger partial charge in [-0.05, 0) is 51.6 Å². The Kier molecular flexibility index (Phi) is 5.70. The highest BCUT2D eigenvalue weighted by Gasteiger charge is 2.56. The van der Waals surface area contributed by atoms with E-state index in [9.17, 15) is 24.6 Å². The summed E-state index contributed by atoms with van der Waals surface area (Å²) in [4.78, 5) is 39.2. The van der Waals surface area contributed by atoms with Gasteiger partial charge in [0.1, 0.15) is 34.0 Å². The molecular formula is C29H28N2O6. The molecule has 2 aromatic carbocycles. The monoisotopic (exact) mass is 500 g/mol. The van der Waals surface area contributed by atoms with Crippen LogP contribution in [0.25, 0.3) is 10.9 Å². The molecule has 0 unspecified atom stereocenters. The first-order valence-electron chi connectivity index (χ1n) is 12.1. The number of ether oxygens (including phenoxy) is 1. The van der Waals surface area contributed by atoms with Gasteiger partial charge in [-0.15, -0.1) is 0 Å². The maximum absolute atomic E-state index is 13.8. The van der Waals surface area contributed by atoms with E-state index in [4.69, 9.17) is 4.74 Å². The largest absolute Gasteiger partial charge is 0.507 e. The number of rotatable bonds is 6. The normalized spacial score (nSPS) is 19.8. The van der Waals surface area contributed by atoms with E-state index in [0.717, 1.165) is 18.5 Å². The number of nitrogens with one attached hydrogen (secondary N) is 1. The molecule has 0 saturated heterocycles. The van der Waals surface area contributed by atoms with Crippen molar-refractivity contribution in [2.75, 3.05) is 6.54 Å². The molecule has 8 heteroatoms. The van der Waals surface area contributed by atoms with Gasteiger partial charge in [0.2, 0.25) is 0 Å². The lowest BCUT2D eigenvalue weighted by Crippen LogP contribution is -2.41. The molecule has 0 fully saturated rings. The van der Waals surface area contributed by atoms with Crippen molar-refractivity contribution in [3.63, 3.8) is 0 Å². The van der Waals surface area contributed by atoms with E-state index in [1.54, 1.807) is 13.8 Å². The third kappa shape index (κ3) is 3.55. The van der Waals surface area contributed by atoms with E-state index in [-0.39, 0.29) is 39.5 Å². The quantitative estimate of drug-likeness (QED) is 0.201. The van der Waals surface area contributed by atoms with Crippen LogP contribution in [0.5, 0.6) is 17.2 Å². The first-order valence-corrected chi connectivity index (χ1v) is 12.1. The number of aromatic hydroxyl groups is 2. The molecule has 1 aliphatic carbocycles. The molecule has 37 heavy (non-hydrogen) atoms. The number of hydrogen-bond acceptors (Lipinski definition) is 7. The number of fused-ring (bicyclic) bond motifs is 4. The highest BCUT2D eigenvalue weighted by molar-refractivity contribution is 6.31. The third-order valence-corrected chi connectivity index (χ3v) is 7.41. The zero-order valence-electron chi connectivity index (χ0n) is 21.1. The second-order valence-electron chi connectivity index (χ2n) is 9.73. The molecule has 8 nitrogen and oxygen atoms in total. The Labute approximate surface area is 213 Å².